The summed E-state index contributed by atoms with van der Waals surface area (Å²) in [4.78, 5) is 28.6. The molecule has 27 heavy (non-hydrogen) atoms. The smallest absolute Gasteiger partial charge is 0.231 e. The number of Topliss-reactive ketones (excluding diaryl/α,β-unsaturated/α-hetero) is 1. The van der Waals surface area contributed by atoms with Crippen LogP contribution in [0, 0.1) is 17.2 Å². The minimum atomic E-state index is -0.601. The Morgan fingerprint density at radius 3 is 2.70 bits per heavy atom. The van der Waals surface area contributed by atoms with Gasteiger partial charge in [-0.15, -0.1) is 11.3 Å². The molecule has 2 aromatic rings. The first kappa shape index (κ1) is 18.3. The van der Waals surface area contributed by atoms with Crippen molar-refractivity contribution in [3.8, 4) is 0 Å². The molecule has 2 aliphatic rings. The normalized spacial score (nSPS) is 21.5. The molecule has 0 aliphatic carbocycles. The van der Waals surface area contributed by atoms with Crippen molar-refractivity contribution < 1.29 is 14.0 Å². The molecule has 4 nitrogen and oxygen atoms in total. The van der Waals surface area contributed by atoms with E-state index in [0.29, 0.717) is 38.2 Å². The van der Waals surface area contributed by atoms with Crippen LogP contribution >= 0.6 is 11.3 Å². The van der Waals surface area contributed by atoms with E-state index >= 15 is 0 Å². The number of ketones is 1. The van der Waals surface area contributed by atoms with Gasteiger partial charge in [-0.25, -0.2) is 4.39 Å². The molecule has 0 saturated carbocycles. The van der Waals surface area contributed by atoms with Crippen LogP contribution in [0.25, 0.3) is 0 Å². The fraction of sp³-hybridized carbons (Fsp3) is 0.429. The third-order valence-electron chi connectivity index (χ3n) is 5.71. The van der Waals surface area contributed by atoms with Gasteiger partial charge in [0.15, 0.2) is 5.78 Å². The summed E-state index contributed by atoms with van der Waals surface area (Å²) in [6.07, 6.45) is 2.04. The summed E-state index contributed by atoms with van der Waals surface area (Å²) in [7, 11) is 0. The van der Waals surface area contributed by atoms with E-state index < -0.39 is 5.41 Å². The molecule has 1 aromatic carbocycles. The van der Waals surface area contributed by atoms with Gasteiger partial charge in [-0.1, -0.05) is 24.3 Å². The van der Waals surface area contributed by atoms with E-state index in [0.717, 1.165) is 17.7 Å². The fourth-order valence-corrected chi connectivity index (χ4v) is 4.86. The molecule has 2 fully saturated rings. The third kappa shape index (κ3) is 3.56. The molecule has 1 aromatic heterocycles. The van der Waals surface area contributed by atoms with E-state index in [9.17, 15) is 14.0 Å². The molecule has 1 N–H and O–H groups in total. The van der Waals surface area contributed by atoms with Crippen LogP contribution in [0.3, 0.4) is 0 Å². The Bertz CT molecular complexity index is 832. The topological polar surface area (TPSA) is 49.4 Å². The maximum absolute atomic E-state index is 14.1. The van der Waals surface area contributed by atoms with Gasteiger partial charge in [0.2, 0.25) is 5.91 Å². The average molecular weight is 386 g/mol. The number of nitrogens with zero attached hydrogens (tertiary/aromatic N) is 1. The molecule has 142 valence electrons. The van der Waals surface area contributed by atoms with E-state index in [2.05, 4.69) is 5.32 Å². The molecule has 0 spiro atoms. The van der Waals surface area contributed by atoms with Crippen molar-refractivity contribution in [3.63, 3.8) is 0 Å². The Hall–Kier alpha value is -2.05. The van der Waals surface area contributed by atoms with Crippen molar-refractivity contribution in [2.75, 3.05) is 26.2 Å². The number of carbonyl (C=O) groups is 2. The molecule has 1 amide bonds. The molecular formula is C21H23FN2O2S. The zero-order valence-electron chi connectivity index (χ0n) is 15.1. The Labute approximate surface area is 162 Å². The van der Waals surface area contributed by atoms with Crippen molar-refractivity contribution in [3.05, 3.63) is 58.0 Å². The zero-order chi connectivity index (χ0) is 18.9. The third-order valence-corrected chi connectivity index (χ3v) is 6.59. The Morgan fingerprint density at radius 1 is 1.22 bits per heavy atom. The van der Waals surface area contributed by atoms with E-state index in [1.807, 2.05) is 22.4 Å². The monoisotopic (exact) mass is 386 g/mol. The maximum Gasteiger partial charge on any atom is 0.231 e. The van der Waals surface area contributed by atoms with Crippen molar-refractivity contribution in [2.24, 2.45) is 11.3 Å². The summed E-state index contributed by atoms with van der Waals surface area (Å²) < 4.78 is 14.1. The molecule has 0 radical (unpaired) electrons. The molecule has 3 heterocycles. The molecule has 1 atom stereocenters. The van der Waals surface area contributed by atoms with Crippen molar-refractivity contribution in [1.29, 1.82) is 0 Å². The quantitative estimate of drug-likeness (QED) is 0.803. The van der Waals surface area contributed by atoms with E-state index in [-0.39, 0.29) is 23.4 Å². The summed E-state index contributed by atoms with van der Waals surface area (Å²) in [5.74, 6) is -0.216. The lowest BCUT2D eigenvalue weighted by molar-refractivity contribution is -0.146. The first-order valence-corrected chi connectivity index (χ1v) is 10.3. The highest BCUT2D eigenvalue weighted by molar-refractivity contribution is 7.12. The summed E-state index contributed by atoms with van der Waals surface area (Å²) >= 11 is 1.45. The van der Waals surface area contributed by atoms with Gasteiger partial charge in [-0.3, -0.25) is 9.59 Å². The van der Waals surface area contributed by atoms with Crippen LogP contribution in [-0.2, 0) is 11.2 Å². The number of hydrogen-bond donors (Lipinski definition) is 1. The number of carbonyl (C=O) groups excluding carboxylic acids is 2. The number of thiophene rings is 1. The van der Waals surface area contributed by atoms with Crippen molar-refractivity contribution in [1.82, 2.24) is 10.2 Å². The summed E-state index contributed by atoms with van der Waals surface area (Å²) in [5, 5.41) is 5.09. The number of halogens is 1. The van der Waals surface area contributed by atoms with Crippen LogP contribution in [0.1, 0.15) is 28.1 Å². The van der Waals surface area contributed by atoms with E-state index in [1.54, 1.807) is 18.2 Å². The number of hydrogen-bond acceptors (Lipinski definition) is 4. The van der Waals surface area contributed by atoms with Gasteiger partial charge in [-0.05, 0) is 42.3 Å². The van der Waals surface area contributed by atoms with Gasteiger partial charge >= 0.3 is 0 Å². The molecular weight excluding hydrogens is 363 g/mol. The van der Waals surface area contributed by atoms with Crippen LogP contribution in [0.2, 0.25) is 0 Å². The van der Waals surface area contributed by atoms with Crippen LogP contribution in [0.4, 0.5) is 4.39 Å². The number of piperidine rings is 1. The lowest BCUT2D eigenvalue weighted by Gasteiger charge is -2.46. The van der Waals surface area contributed by atoms with Gasteiger partial charge in [0.05, 0.1) is 10.3 Å². The summed E-state index contributed by atoms with van der Waals surface area (Å²) in [5.41, 5.74) is -0.0219. The van der Waals surface area contributed by atoms with Crippen LogP contribution < -0.4 is 5.32 Å². The summed E-state index contributed by atoms with van der Waals surface area (Å²) in [6.45, 7) is 2.25. The van der Waals surface area contributed by atoms with E-state index in [1.165, 1.54) is 17.4 Å². The molecule has 0 bridgehead atoms. The second kappa shape index (κ2) is 7.52. The molecule has 1 unspecified atom stereocenters. The predicted octanol–water partition coefficient (Wildman–Crippen LogP) is 3.14. The van der Waals surface area contributed by atoms with Gasteiger partial charge in [0.25, 0.3) is 0 Å². The summed E-state index contributed by atoms with van der Waals surface area (Å²) in [6, 6.07) is 10.4. The highest BCUT2D eigenvalue weighted by Gasteiger charge is 2.47. The number of rotatable bonds is 5. The molecule has 2 aliphatic heterocycles. The second-order valence-corrected chi connectivity index (χ2v) is 8.53. The van der Waals surface area contributed by atoms with E-state index in [4.69, 9.17) is 0 Å². The van der Waals surface area contributed by atoms with Gasteiger partial charge in [-0.2, -0.15) is 0 Å². The minimum Gasteiger partial charge on any atom is -0.341 e. The zero-order valence-corrected chi connectivity index (χ0v) is 15.9. The standard InChI is InChI=1S/C21H23FN2O2S/c22-17-7-2-1-5-15(17)11-21(13-23-14-21)20(26)24-9-3-6-16(12-24)19(25)18-8-4-10-27-18/h1-2,4-5,7-8,10,16,23H,3,6,9,11-14H2. The second-order valence-electron chi connectivity index (χ2n) is 7.58. The average Bonchev–Trinajstić information content (AvgIpc) is 3.20. The maximum atomic E-state index is 14.1. The van der Waals surface area contributed by atoms with Crippen LogP contribution in [0.15, 0.2) is 41.8 Å². The van der Waals surface area contributed by atoms with Gasteiger partial charge < -0.3 is 10.2 Å². The molecule has 2 saturated heterocycles. The number of nitrogens with one attached hydrogen (secondary N) is 1. The fourth-order valence-electron chi connectivity index (χ4n) is 4.12. The number of amides is 1. The van der Waals surface area contributed by atoms with Crippen LogP contribution in [-0.4, -0.2) is 42.8 Å². The Kier molecular flexibility index (Phi) is 5.10. The minimum absolute atomic E-state index is 0.0492. The largest absolute Gasteiger partial charge is 0.341 e. The Balaban J connectivity index is 1.49. The van der Waals surface area contributed by atoms with Crippen molar-refractivity contribution >= 4 is 23.0 Å². The van der Waals surface area contributed by atoms with Gasteiger partial charge in [0.1, 0.15) is 5.82 Å². The lowest BCUT2D eigenvalue weighted by atomic mass is 9.74. The first-order valence-electron chi connectivity index (χ1n) is 9.40. The number of benzene rings is 1. The first-order chi connectivity index (χ1) is 13.1. The highest BCUT2D eigenvalue weighted by atomic mass is 32.1. The highest BCUT2D eigenvalue weighted by Crippen LogP contribution is 2.33. The molecule has 6 heteroatoms. The van der Waals surface area contributed by atoms with Crippen LogP contribution in [0.5, 0.6) is 0 Å². The number of likely N-dealkylation sites (tertiary alicyclic amines) is 1. The lowest BCUT2D eigenvalue weighted by Crippen LogP contribution is -2.64. The Morgan fingerprint density at radius 2 is 2.04 bits per heavy atom. The van der Waals surface area contributed by atoms with Gasteiger partial charge in [0, 0.05) is 32.1 Å². The molecule has 4 rings (SSSR count). The van der Waals surface area contributed by atoms with Crippen molar-refractivity contribution in [2.45, 2.75) is 19.3 Å². The predicted molar refractivity (Wildman–Crippen MR) is 103 cm³/mol. The SMILES string of the molecule is O=C(c1cccs1)C1CCCN(C(=O)C2(Cc3ccccc3F)CNC2)C1.